The Bertz CT molecular complexity index is 698. The molecule has 21 heavy (non-hydrogen) atoms. The van der Waals surface area contributed by atoms with Gasteiger partial charge in [0.25, 0.3) is 5.56 Å². The van der Waals surface area contributed by atoms with Crippen molar-refractivity contribution in [1.82, 2.24) is 9.88 Å². The van der Waals surface area contributed by atoms with E-state index in [2.05, 4.69) is 5.32 Å². The quantitative estimate of drug-likeness (QED) is 0.918. The molecule has 0 radical (unpaired) electrons. The van der Waals surface area contributed by atoms with E-state index in [9.17, 15) is 9.59 Å². The number of pyridine rings is 1. The lowest BCUT2D eigenvalue weighted by atomic mass is 10.1. The highest BCUT2D eigenvalue weighted by molar-refractivity contribution is 6.35. The van der Waals surface area contributed by atoms with Gasteiger partial charge < -0.3 is 9.88 Å². The summed E-state index contributed by atoms with van der Waals surface area (Å²) in [5, 5.41) is 3.92. The standard InChI is InChI=1S/C15H14Cl2N2O2/c16-12-5-4-11(13(17)9-12)6-7-18-14(20)10-19-8-2-1-3-15(19)21/h1-5,8-9H,6-7,10H2,(H,18,20). The number of rotatable bonds is 5. The zero-order valence-corrected chi connectivity index (χ0v) is 12.7. The van der Waals surface area contributed by atoms with Crippen LogP contribution in [0.5, 0.6) is 0 Å². The lowest BCUT2D eigenvalue weighted by Crippen LogP contribution is -2.32. The van der Waals surface area contributed by atoms with Crippen LogP contribution >= 0.6 is 23.2 Å². The second kappa shape index (κ2) is 7.29. The third-order valence-corrected chi connectivity index (χ3v) is 3.53. The maximum atomic E-state index is 11.8. The summed E-state index contributed by atoms with van der Waals surface area (Å²) in [5.41, 5.74) is 0.714. The molecular formula is C15H14Cl2N2O2. The molecule has 1 aromatic carbocycles. The first-order chi connectivity index (χ1) is 10.1. The fourth-order valence-corrected chi connectivity index (χ4v) is 2.37. The smallest absolute Gasteiger partial charge is 0.250 e. The number of hydrogen-bond acceptors (Lipinski definition) is 2. The number of hydrogen-bond donors (Lipinski definition) is 1. The molecule has 0 bridgehead atoms. The van der Waals surface area contributed by atoms with Gasteiger partial charge in [0.15, 0.2) is 0 Å². The summed E-state index contributed by atoms with van der Waals surface area (Å²) < 4.78 is 1.35. The summed E-state index contributed by atoms with van der Waals surface area (Å²) in [7, 11) is 0. The van der Waals surface area contributed by atoms with Crippen LogP contribution in [0, 0.1) is 0 Å². The van der Waals surface area contributed by atoms with Gasteiger partial charge in [-0.1, -0.05) is 35.3 Å². The monoisotopic (exact) mass is 324 g/mol. The Morgan fingerprint density at radius 1 is 1.19 bits per heavy atom. The Morgan fingerprint density at radius 3 is 2.71 bits per heavy atom. The Morgan fingerprint density at radius 2 is 2.00 bits per heavy atom. The van der Waals surface area contributed by atoms with E-state index in [1.807, 2.05) is 6.07 Å². The van der Waals surface area contributed by atoms with Crippen molar-refractivity contribution in [2.45, 2.75) is 13.0 Å². The Kier molecular flexibility index (Phi) is 5.42. The summed E-state index contributed by atoms with van der Waals surface area (Å²) in [5.74, 6) is -0.214. The molecule has 1 aromatic heterocycles. The van der Waals surface area contributed by atoms with Crippen molar-refractivity contribution in [2.24, 2.45) is 0 Å². The van der Waals surface area contributed by atoms with Crippen molar-refractivity contribution in [1.29, 1.82) is 0 Å². The molecule has 1 N–H and O–H groups in total. The van der Waals surface area contributed by atoms with Crippen LogP contribution in [-0.4, -0.2) is 17.0 Å². The number of benzene rings is 1. The third-order valence-electron chi connectivity index (χ3n) is 2.94. The highest BCUT2D eigenvalue weighted by Crippen LogP contribution is 2.20. The van der Waals surface area contributed by atoms with Crippen molar-refractivity contribution in [3.63, 3.8) is 0 Å². The van der Waals surface area contributed by atoms with Gasteiger partial charge in [-0.15, -0.1) is 0 Å². The molecule has 0 atom stereocenters. The molecule has 0 saturated heterocycles. The first-order valence-corrected chi connectivity index (χ1v) is 7.18. The van der Waals surface area contributed by atoms with Gasteiger partial charge in [-0.2, -0.15) is 0 Å². The van der Waals surface area contributed by atoms with Crippen molar-refractivity contribution < 1.29 is 4.79 Å². The van der Waals surface area contributed by atoms with Gasteiger partial charge in [0.2, 0.25) is 5.91 Å². The Balaban J connectivity index is 1.85. The number of amides is 1. The molecule has 0 fully saturated rings. The van der Waals surface area contributed by atoms with E-state index in [0.29, 0.717) is 23.0 Å². The average Bonchev–Trinajstić information content (AvgIpc) is 2.44. The lowest BCUT2D eigenvalue weighted by Gasteiger charge is -2.08. The molecular weight excluding hydrogens is 311 g/mol. The van der Waals surface area contributed by atoms with E-state index in [1.165, 1.54) is 10.6 Å². The molecule has 0 aliphatic carbocycles. The summed E-state index contributed by atoms with van der Waals surface area (Å²) in [6, 6.07) is 10.0. The van der Waals surface area contributed by atoms with Gasteiger partial charge >= 0.3 is 0 Å². The normalized spacial score (nSPS) is 10.4. The topological polar surface area (TPSA) is 51.1 Å². The second-order valence-corrected chi connectivity index (χ2v) is 5.35. The predicted molar refractivity (Wildman–Crippen MR) is 83.9 cm³/mol. The molecule has 0 saturated carbocycles. The molecule has 1 heterocycles. The summed E-state index contributed by atoms with van der Waals surface area (Å²) in [6.07, 6.45) is 2.18. The van der Waals surface area contributed by atoms with Crippen LogP contribution in [0.25, 0.3) is 0 Å². The summed E-state index contributed by atoms with van der Waals surface area (Å²) in [4.78, 5) is 23.2. The third kappa shape index (κ3) is 4.62. The van der Waals surface area contributed by atoms with Gasteiger partial charge in [-0.05, 0) is 30.2 Å². The fourth-order valence-electron chi connectivity index (χ4n) is 1.86. The predicted octanol–water partition coefficient (Wildman–Crippen LogP) is 2.51. The highest BCUT2D eigenvalue weighted by atomic mass is 35.5. The van der Waals surface area contributed by atoms with Crippen LogP contribution in [0.3, 0.4) is 0 Å². The highest BCUT2D eigenvalue weighted by Gasteiger charge is 2.05. The summed E-state index contributed by atoms with van der Waals surface area (Å²) in [6.45, 7) is 0.454. The maximum absolute atomic E-state index is 11.8. The Labute approximate surface area is 132 Å². The van der Waals surface area contributed by atoms with Crippen LogP contribution in [0.4, 0.5) is 0 Å². The van der Waals surface area contributed by atoms with E-state index in [-0.39, 0.29) is 18.0 Å². The SMILES string of the molecule is O=C(Cn1ccccc1=O)NCCc1ccc(Cl)cc1Cl. The van der Waals surface area contributed by atoms with Crippen LogP contribution in [0.2, 0.25) is 10.0 Å². The maximum Gasteiger partial charge on any atom is 0.250 e. The number of aromatic nitrogens is 1. The van der Waals surface area contributed by atoms with E-state index < -0.39 is 0 Å². The average molecular weight is 325 g/mol. The van der Waals surface area contributed by atoms with Crippen LogP contribution in [-0.2, 0) is 17.8 Å². The number of nitrogens with one attached hydrogen (secondary N) is 1. The first kappa shape index (κ1) is 15.6. The molecule has 1 amide bonds. The van der Waals surface area contributed by atoms with E-state index in [4.69, 9.17) is 23.2 Å². The molecule has 0 unspecified atom stereocenters. The molecule has 110 valence electrons. The number of halogens is 2. The minimum absolute atomic E-state index is 0.00796. The van der Waals surface area contributed by atoms with Crippen molar-refractivity contribution in [3.05, 3.63) is 68.6 Å². The zero-order chi connectivity index (χ0) is 15.2. The van der Waals surface area contributed by atoms with Gasteiger partial charge in [0.1, 0.15) is 6.54 Å². The van der Waals surface area contributed by atoms with E-state index in [0.717, 1.165) is 5.56 Å². The van der Waals surface area contributed by atoms with Crippen molar-refractivity contribution in [3.8, 4) is 0 Å². The molecule has 2 rings (SSSR count). The van der Waals surface area contributed by atoms with E-state index >= 15 is 0 Å². The molecule has 0 spiro atoms. The number of nitrogens with zero attached hydrogens (tertiary/aromatic N) is 1. The van der Waals surface area contributed by atoms with Gasteiger partial charge in [-0.3, -0.25) is 9.59 Å². The van der Waals surface area contributed by atoms with E-state index in [1.54, 1.807) is 30.5 Å². The molecule has 6 heteroatoms. The van der Waals surface area contributed by atoms with Gasteiger partial charge in [-0.25, -0.2) is 0 Å². The number of carbonyl (C=O) groups excluding carboxylic acids is 1. The molecule has 2 aromatic rings. The van der Waals surface area contributed by atoms with Gasteiger partial charge in [0, 0.05) is 28.9 Å². The minimum atomic E-state index is -0.214. The number of carbonyl (C=O) groups is 1. The summed E-state index contributed by atoms with van der Waals surface area (Å²) >= 11 is 11.9. The van der Waals surface area contributed by atoms with Crippen LogP contribution in [0.15, 0.2) is 47.4 Å². The second-order valence-electron chi connectivity index (χ2n) is 4.50. The lowest BCUT2D eigenvalue weighted by molar-refractivity contribution is -0.121. The molecule has 0 aliphatic heterocycles. The molecule has 0 aliphatic rings. The fraction of sp³-hybridized carbons (Fsp3) is 0.200. The van der Waals surface area contributed by atoms with Gasteiger partial charge in [0.05, 0.1) is 0 Å². The Hall–Kier alpha value is -1.78. The van der Waals surface area contributed by atoms with Crippen LogP contribution in [0.1, 0.15) is 5.56 Å². The molecule has 4 nitrogen and oxygen atoms in total. The van der Waals surface area contributed by atoms with Crippen molar-refractivity contribution >= 4 is 29.1 Å². The van der Waals surface area contributed by atoms with Crippen molar-refractivity contribution in [2.75, 3.05) is 6.54 Å². The van der Waals surface area contributed by atoms with Crippen LogP contribution < -0.4 is 10.9 Å². The zero-order valence-electron chi connectivity index (χ0n) is 11.2. The first-order valence-electron chi connectivity index (χ1n) is 6.42. The minimum Gasteiger partial charge on any atom is -0.354 e. The largest absolute Gasteiger partial charge is 0.354 e.